The monoisotopic (exact) mass is 378 g/mol. The lowest BCUT2D eigenvalue weighted by atomic mass is 10.3. The van der Waals surface area contributed by atoms with Gasteiger partial charge < -0.3 is 10.2 Å². The van der Waals surface area contributed by atoms with Crippen molar-refractivity contribution in [3.05, 3.63) is 60.1 Å². The summed E-state index contributed by atoms with van der Waals surface area (Å²) in [6.07, 6.45) is -1.24. The minimum atomic E-state index is -5.08. The van der Waals surface area contributed by atoms with Crippen LogP contribution in [0.5, 0.6) is 0 Å². The molecule has 6 heteroatoms. The summed E-state index contributed by atoms with van der Waals surface area (Å²) < 4.78 is 31.7. The molecular formula is C20H33F3O3. The normalized spacial score (nSPS) is 7.65. The van der Waals surface area contributed by atoms with Crippen molar-refractivity contribution in [3.63, 3.8) is 0 Å². The predicted molar refractivity (Wildman–Crippen MR) is 104 cm³/mol. The molecule has 0 saturated heterocycles. The van der Waals surface area contributed by atoms with Gasteiger partial charge in [-0.2, -0.15) is 13.2 Å². The van der Waals surface area contributed by atoms with Crippen molar-refractivity contribution in [2.45, 2.75) is 54.6 Å². The number of hydrogen-bond donors (Lipinski definition) is 2. The molecule has 0 rings (SSSR count). The third kappa shape index (κ3) is 81.1. The summed E-state index contributed by atoms with van der Waals surface area (Å²) in [4.78, 5) is 8.90. The second kappa shape index (κ2) is 25.0. The molecule has 0 aliphatic heterocycles. The topological polar surface area (TPSA) is 57.5 Å². The molecule has 0 aromatic carbocycles. The zero-order valence-electron chi connectivity index (χ0n) is 16.9. The number of hydrogen-bond acceptors (Lipinski definition) is 2. The molecule has 0 aromatic heterocycles. The molecule has 0 saturated carbocycles. The molecule has 0 atom stereocenters. The Kier molecular flexibility index (Phi) is 33.6. The van der Waals surface area contributed by atoms with Gasteiger partial charge in [0.05, 0.1) is 6.61 Å². The minimum absolute atomic E-state index is 0.169. The van der Waals surface area contributed by atoms with Crippen molar-refractivity contribution in [2.75, 3.05) is 6.61 Å². The van der Waals surface area contributed by atoms with Gasteiger partial charge in [-0.25, -0.2) is 4.79 Å². The Hall–Kier alpha value is -2.26. The van der Waals surface area contributed by atoms with E-state index < -0.39 is 12.1 Å². The first-order chi connectivity index (χ1) is 11.7. The summed E-state index contributed by atoms with van der Waals surface area (Å²) in [5, 5.41) is 15.3. The average Bonchev–Trinajstić information content (AvgIpc) is 2.48. The average molecular weight is 378 g/mol. The van der Waals surface area contributed by atoms with E-state index in [1.807, 2.05) is 34.6 Å². The number of halogens is 3. The van der Waals surface area contributed by atoms with Crippen LogP contribution in [0.1, 0.15) is 48.5 Å². The number of allylic oxidation sites excluding steroid dienone is 4. The van der Waals surface area contributed by atoms with Gasteiger partial charge in [-0.1, -0.05) is 43.0 Å². The van der Waals surface area contributed by atoms with Crippen molar-refractivity contribution in [1.29, 1.82) is 0 Å². The lowest BCUT2D eigenvalue weighted by Gasteiger charge is -1.93. The first-order valence-corrected chi connectivity index (χ1v) is 7.43. The highest BCUT2D eigenvalue weighted by molar-refractivity contribution is 5.73. The van der Waals surface area contributed by atoms with E-state index in [9.17, 15) is 13.2 Å². The van der Waals surface area contributed by atoms with E-state index in [1.165, 1.54) is 5.57 Å². The van der Waals surface area contributed by atoms with Gasteiger partial charge in [0.1, 0.15) is 0 Å². The zero-order chi connectivity index (χ0) is 22.3. The van der Waals surface area contributed by atoms with Gasteiger partial charge in [-0.15, -0.1) is 11.5 Å². The Morgan fingerprint density at radius 3 is 1.23 bits per heavy atom. The molecule has 0 aliphatic rings. The summed E-state index contributed by atoms with van der Waals surface area (Å²) >= 11 is 0. The van der Waals surface area contributed by atoms with Gasteiger partial charge in [-0.3, -0.25) is 0 Å². The molecule has 26 heavy (non-hydrogen) atoms. The number of aliphatic carboxylic acids is 1. The molecule has 0 bridgehead atoms. The fourth-order valence-electron chi connectivity index (χ4n) is 0.183. The van der Waals surface area contributed by atoms with E-state index >= 15 is 0 Å². The van der Waals surface area contributed by atoms with E-state index in [0.717, 1.165) is 11.1 Å². The van der Waals surface area contributed by atoms with Crippen LogP contribution in [0.15, 0.2) is 60.1 Å². The number of aliphatic hydroxyl groups excluding tert-OH is 1. The second-order valence-electron chi connectivity index (χ2n) is 5.06. The molecule has 0 aliphatic carbocycles. The van der Waals surface area contributed by atoms with E-state index in [-0.39, 0.29) is 6.61 Å². The lowest BCUT2D eigenvalue weighted by molar-refractivity contribution is -0.192. The number of carbonyl (C=O) groups is 1. The standard InChI is InChI=1S/C5H10O.C5H10.C5H8.C3H4.C2HF3O2/c1-5(2)3-4-6;2*1-4-5(2)3;1-3-2;3-2(4,5)1(6)7/h3,6H,4H2,1-2H3;4H,1-3H3;1H2,2-3H3;1-2H2;(H,6,7). The Morgan fingerprint density at radius 2 is 1.23 bits per heavy atom. The maximum absolute atomic E-state index is 10.6. The van der Waals surface area contributed by atoms with Crippen molar-refractivity contribution < 1.29 is 28.2 Å². The summed E-state index contributed by atoms with van der Waals surface area (Å²) in [6.45, 7) is 23.9. The van der Waals surface area contributed by atoms with Crippen LogP contribution in [-0.4, -0.2) is 29.0 Å². The van der Waals surface area contributed by atoms with Crippen LogP contribution in [0.3, 0.4) is 0 Å². The van der Waals surface area contributed by atoms with E-state index in [1.54, 1.807) is 6.08 Å². The van der Waals surface area contributed by atoms with Crippen molar-refractivity contribution in [2.24, 2.45) is 0 Å². The molecule has 0 heterocycles. The minimum Gasteiger partial charge on any atom is -0.475 e. The Labute approximate surface area is 156 Å². The highest BCUT2D eigenvalue weighted by Crippen LogP contribution is 2.13. The smallest absolute Gasteiger partial charge is 0.475 e. The third-order valence-electron chi connectivity index (χ3n) is 1.67. The molecule has 152 valence electrons. The first kappa shape index (κ1) is 35.0. The van der Waals surface area contributed by atoms with Crippen LogP contribution in [0.25, 0.3) is 0 Å². The van der Waals surface area contributed by atoms with Gasteiger partial charge >= 0.3 is 12.1 Å². The van der Waals surface area contributed by atoms with E-state index in [0.29, 0.717) is 0 Å². The summed E-state index contributed by atoms with van der Waals surface area (Å²) in [7, 11) is 0. The number of aliphatic hydroxyl groups is 1. The largest absolute Gasteiger partial charge is 0.490 e. The number of alkyl halides is 3. The summed E-state index contributed by atoms with van der Waals surface area (Å²) in [5.41, 5.74) is 8.63. The highest BCUT2D eigenvalue weighted by atomic mass is 19.4. The Bertz CT molecular complexity index is 475. The van der Waals surface area contributed by atoms with Crippen molar-refractivity contribution in [3.8, 4) is 0 Å². The lowest BCUT2D eigenvalue weighted by Crippen LogP contribution is -2.21. The molecule has 0 unspecified atom stereocenters. The number of carboxylic acids is 1. The molecule has 0 fully saturated rings. The molecule has 0 radical (unpaired) electrons. The van der Waals surface area contributed by atoms with Crippen LogP contribution >= 0.6 is 0 Å². The molecule has 0 aromatic rings. The van der Waals surface area contributed by atoms with Gasteiger partial charge in [0.15, 0.2) is 0 Å². The van der Waals surface area contributed by atoms with Crippen LogP contribution in [0.4, 0.5) is 13.2 Å². The van der Waals surface area contributed by atoms with E-state index in [2.05, 4.69) is 51.1 Å². The van der Waals surface area contributed by atoms with Crippen LogP contribution in [0, 0.1) is 0 Å². The van der Waals surface area contributed by atoms with Crippen molar-refractivity contribution in [1.82, 2.24) is 0 Å². The Balaban J connectivity index is -0.0000000724. The van der Waals surface area contributed by atoms with Gasteiger partial charge in [0.25, 0.3) is 0 Å². The van der Waals surface area contributed by atoms with Crippen LogP contribution in [-0.2, 0) is 4.79 Å². The third-order valence-corrected chi connectivity index (χ3v) is 1.67. The molecule has 0 amide bonds. The highest BCUT2D eigenvalue weighted by Gasteiger charge is 2.38. The molecular weight excluding hydrogens is 345 g/mol. The van der Waals surface area contributed by atoms with Crippen LogP contribution in [0.2, 0.25) is 0 Å². The maximum Gasteiger partial charge on any atom is 0.490 e. The predicted octanol–water partition coefficient (Wildman–Crippen LogP) is 6.25. The summed E-state index contributed by atoms with van der Waals surface area (Å²) in [5.74, 6) is -2.76. The molecule has 0 spiro atoms. The van der Waals surface area contributed by atoms with Gasteiger partial charge in [0.2, 0.25) is 0 Å². The quantitative estimate of drug-likeness (QED) is 0.419. The molecule has 3 nitrogen and oxygen atoms in total. The first-order valence-electron chi connectivity index (χ1n) is 7.43. The number of rotatable bonds is 1. The maximum atomic E-state index is 10.6. The fraction of sp³-hybridized carbons (Fsp3) is 0.450. The fourth-order valence-corrected chi connectivity index (χ4v) is 0.183. The van der Waals surface area contributed by atoms with Crippen LogP contribution < -0.4 is 0 Å². The van der Waals surface area contributed by atoms with Gasteiger partial charge in [-0.05, 0) is 54.0 Å². The second-order valence-corrected chi connectivity index (χ2v) is 5.06. The van der Waals surface area contributed by atoms with E-state index in [4.69, 9.17) is 15.0 Å². The Morgan fingerprint density at radius 1 is 1.00 bits per heavy atom. The summed E-state index contributed by atoms with van der Waals surface area (Å²) in [6, 6.07) is 0. The molecule has 2 N–H and O–H groups in total. The van der Waals surface area contributed by atoms with Gasteiger partial charge in [0, 0.05) is 0 Å². The number of carboxylic acid groups (broad SMARTS) is 1. The van der Waals surface area contributed by atoms with Crippen molar-refractivity contribution >= 4 is 5.97 Å². The SMILES string of the molecule is C=C=C.C=C=C(C)C.CC(C)=CCO.CC=C(C)C.O=C(O)C(F)(F)F. The zero-order valence-corrected chi connectivity index (χ0v) is 16.9.